The van der Waals surface area contributed by atoms with E-state index in [1.54, 1.807) is 30.3 Å². The van der Waals surface area contributed by atoms with Crippen LogP contribution in [-0.2, 0) is 6.42 Å². The van der Waals surface area contributed by atoms with Crippen LogP contribution in [0.15, 0.2) is 54.6 Å². The Morgan fingerprint density at radius 2 is 1.14 bits per heavy atom. The van der Waals surface area contributed by atoms with Crippen LogP contribution in [0.4, 0.5) is 0 Å². The number of carbonyl (C=O) groups is 2. The molecule has 0 N–H and O–H groups in total. The minimum Gasteiger partial charge on any atom is -0.285 e. The number of carbonyl (C=O) groups excluding carboxylic acids is 2. The second kappa shape index (κ2) is 13.0. The summed E-state index contributed by atoms with van der Waals surface area (Å²) in [6.07, 6.45) is 13.8. The van der Waals surface area contributed by atoms with Gasteiger partial charge in [-0.2, -0.15) is 0 Å². The zero-order valence-electron chi connectivity index (χ0n) is 17.3. The zero-order chi connectivity index (χ0) is 20.0. The van der Waals surface area contributed by atoms with E-state index in [0.29, 0.717) is 11.1 Å². The number of unbranched alkanes of at least 4 members (excludes halogenated alkanes) is 9. The van der Waals surface area contributed by atoms with E-state index in [2.05, 4.69) is 6.92 Å². The lowest BCUT2D eigenvalue weighted by Crippen LogP contribution is -2.16. The fraction of sp³-hybridized carbons (Fsp3) is 0.462. The molecule has 0 heterocycles. The lowest BCUT2D eigenvalue weighted by atomic mass is 9.94. The first-order valence-electron chi connectivity index (χ1n) is 11.0. The summed E-state index contributed by atoms with van der Waals surface area (Å²) in [5, 5.41) is 0. The van der Waals surface area contributed by atoms with Crippen molar-refractivity contribution in [1.82, 2.24) is 0 Å². The molecule has 0 aromatic heterocycles. The number of Topliss-reactive ketones (excluding diaryl/α,β-unsaturated/α-hetero) is 2. The first-order chi connectivity index (χ1) is 13.7. The molecule has 2 rings (SSSR count). The van der Waals surface area contributed by atoms with Gasteiger partial charge >= 0.3 is 0 Å². The molecule has 2 aromatic carbocycles. The van der Waals surface area contributed by atoms with Gasteiger partial charge in [0.25, 0.3) is 0 Å². The Balaban J connectivity index is 1.76. The summed E-state index contributed by atoms with van der Waals surface area (Å²) in [6.45, 7) is 2.25. The maximum Gasteiger partial charge on any atom is 0.233 e. The predicted molar refractivity (Wildman–Crippen MR) is 117 cm³/mol. The molecule has 2 aromatic rings. The summed E-state index contributed by atoms with van der Waals surface area (Å²) in [6, 6.07) is 16.4. The standard InChI is InChI=1S/C26H34O2/c1-2-3-4-5-6-7-8-9-10-12-17-22-18-15-16-21-24(22)26(28)25(27)23-19-13-11-14-20-23/h11,13-16,18-21H,2-10,12,17H2,1H3. The number of rotatable bonds is 14. The van der Waals surface area contributed by atoms with Gasteiger partial charge in [0, 0.05) is 11.1 Å². The van der Waals surface area contributed by atoms with Crippen LogP contribution in [0, 0.1) is 0 Å². The molecule has 0 bridgehead atoms. The molecule has 2 nitrogen and oxygen atoms in total. The summed E-state index contributed by atoms with van der Waals surface area (Å²) < 4.78 is 0. The smallest absolute Gasteiger partial charge is 0.233 e. The van der Waals surface area contributed by atoms with Crippen molar-refractivity contribution >= 4 is 11.6 Å². The molecule has 28 heavy (non-hydrogen) atoms. The molecule has 2 heteroatoms. The van der Waals surface area contributed by atoms with E-state index >= 15 is 0 Å². The summed E-state index contributed by atoms with van der Waals surface area (Å²) >= 11 is 0. The van der Waals surface area contributed by atoms with E-state index in [9.17, 15) is 9.59 Å². The van der Waals surface area contributed by atoms with E-state index in [4.69, 9.17) is 0 Å². The summed E-state index contributed by atoms with van der Waals surface area (Å²) in [4.78, 5) is 25.2. The highest BCUT2D eigenvalue weighted by atomic mass is 16.2. The molecule has 150 valence electrons. The van der Waals surface area contributed by atoms with Crippen molar-refractivity contribution in [1.29, 1.82) is 0 Å². The van der Waals surface area contributed by atoms with Gasteiger partial charge in [0.15, 0.2) is 0 Å². The first-order valence-corrected chi connectivity index (χ1v) is 11.0. The Labute approximate surface area is 170 Å². The molecular weight excluding hydrogens is 344 g/mol. The third kappa shape index (κ3) is 7.42. The highest BCUT2D eigenvalue weighted by molar-refractivity contribution is 6.49. The number of hydrogen-bond donors (Lipinski definition) is 0. The minimum atomic E-state index is -0.420. The Bertz CT molecular complexity index is 718. The number of benzene rings is 2. The van der Waals surface area contributed by atoms with Gasteiger partial charge in [-0.3, -0.25) is 9.59 Å². The summed E-state index contributed by atoms with van der Waals surface area (Å²) in [5.41, 5.74) is 2.02. The SMILES string of the molecule is CCCCCCCCCCCCc1ccccc1C(=O)C(=O)c1ccccc1. The van der Waals surface area contributed by atoms with E-state index in [-0.39, 0.29) is 0 Å². The Kier molecular flexibility index (Phi) is 10.3. The van der Waals surface area contributed by atoms with Gasteiger partial charge in [-0.15, -0.1) is 0 Å². The molecule has 0 unspecified atom stereocenters. The molecule has 0 atom stereocenters. The highest BCUT2D eigenvalue weighted by Crippen LogP contribution is 2.17. The normalized spacial score (nSPS) is 10.8. The molecule has 0 fully saturated rings. The van der Waals surface area contributed by atoms with E-state index in [0.717, 1.165) is 18.4 Å². The second-order valence-corrected chi connectivity index (χ2v) is 7.61. The van der Waals surface area contributed by atoms with Gasteiger partial charge in [0.1, 0.15) is 0 Å². The first kappa shape index (κ1) is 22.1. The maximum absolute atomic E-state index is 12.7. The molecule has 0 saturated carbocycles. The fourth-order valence-electron chi connectivity index (χ4n) is 3.61. The second-order valence-electron chi connectivity index (χ2n) is 7.61. The van der Waals surface area contributed by atoms with Crippen LogP contribution in [0.3, 0.4) is 0 Å². The van der Waals surface area contributed by atoms with E-state index in [1.165, 1.54) is 57.8 Å². The van der Waals surface area contributed by atoms with Gasteiger partial charge in [0.05, 0.1) is 0 Å². The van der Waals surface area contributed by atoms with Gasteiger partial charge in [-0.1, -0.05) is 119 Å². The van der Waals surface area contributed by atoms with Crippen molar-refractivity contribution in [3.8, 4) is 0 Å². The molecule has 0 aliphatic carbocycles. The minimum absolute atomic E-state index is 0.395. The third-order valence-electron chi connectivity index (χ3n) is 5.30. The Morgan fingerprint density at radius 3 is 1.79 bits per heavy atom. The van der Waals surface area contributed by atoms with Gasteiger partial charge < -0.3 is 0 Å². The van der Waals surface area contributed by atoms with Crippen LogP contribution in [0.25, 0.3) is 0 Å². The number of hydrogen-bond acceptors (Lipinski definition) is 2. The largest absolute Gasteiger partial charge is 0.285 e. The summed E-state index contributed by atoms with van der Waals surface area (Å²) in [5.74, 6) is -0.815. The van der Waals surface area contributed by atoms with Crippen LogP contribution in [0.5, 0.6) is 0 Å². The van der Waals surface area contributed by atoms with Crippen molar-refractivity contribution in [2.45, 2.75) is 77.6 Å². The van der Waals surface area contributed by atoms with Crippen LogP contribution in [-0.4, -0.2) is 11.6 Å². The van der Waals surface area contributed by atoms with Crippen LogP contribution in [0.1, 0.15) is 97.4 Å². The van der Waals surface area contributed by atoms with Crippen molar-refractivity contribution in [2.24, 2.45) is 0 Å². The van der Waals surface area contributed by atoms with Crippen molar-refractivity contribution in [3.05, 3.63) is 71.3 Å². The van der Waals surface area contributed by atoms with Gasteiger partial charge in [-0.25, -0.2) is 0 Å². The molecule has 0 aliphatic rings. The average Bonchev–Trinajstić information content (AvgIpc) is 2.75. The molecular formula is C26H34O2. The Morgan fingerprint density at radius 1 is 0.607 bits per heavy atom. The Hall–Kier alpha value is -2.22. The topological polar surface area (TPSA) is 34.1 Å². The zero-order valence-corrected chi connectivity index (χ0v) is 17.3. The van der Waals surface area contributed by atoms with Crippen molar-refractivity contribution in [3.63, 3.8) is 0 Å². The molecule has 0 amide bonds. The van der Waals surface area contributed by atoms with Crippen molar-refractivity contribution < 1.29 is 9.59 Å². The van der Waals surface area contributed by atoms with Gasteiger partial charge in [0.2, 0.25) is 11.6 Å². The molecule has 0 spiro atoms. The maximum atomic E-state index is 12.7. The number of aryl methyl sites for hydroxylation is 1. The van der Waals surface area contributed by atoms with Gasteiger partial charge in [-0.05, 0) is 18.4 Å². The number of ketones is 2. The van der Waals surface area contributed by atoms with Crippen molar-refractivity contribution in [2.75, 3.05) is 0 Å². The average molecular weight is 379 g/mol. The monoisotopic (exact) mass is 378 g/mol. The van der Waals surface area contributed by atoms with E-state index in [1.807, 2.05) is 24.3 Å². The molecule has 0 radical (unpaired) electrons. The van der Waals surface area contributed by atoms with E-state index < -0.39 is 11.6 Å². The summed E-state index contributed by atoms with van der Waals surface area (Å²) in [7, 11) is 0. The predicted octanol–water partition coefficient (Wildman–Crippen LogP) is 7.22. The highest BCUT2D eigenvalue weighted by Gasteiger charge is 2.20. The fourth-order valence-corrected chi connectivity index (χ4v) is 3.61. The molecule has 0 saturated heterocycles. The van der Waals surface area contributed by atoms with Crippen LogP contribution in [0.2, 0.25) is 0 Å². The molecule has 0 aliphatic heterocycles. The van der Waals surface area contributed by atoms with Crippen LogP contribution >= 0.6 is 0 Å². The van der Waals surface area contributed by atoms with Crippen LogP contribution < -0.4 is 0 Å². The quantitative estimate of drug-likeness (QED) is 0.198. The lowest BCUT2D eigenvalue weighted by molar-refractivity contribution is 0.0816. The lowest BCUT2D eigenvalue weighted by Gasteiger charge is -2.08. The third-order valence-corrected chi connectivity index (χ3v) is 5.30.